The minimum absolute atomic E-state index is 0.201. The fourth-order valence-electron chi connectivity index (χ4n) is 4.47. The van der Waals surface area contributed by atoms with E-state index in [0.29, 0.717) is 12.6 Å². The predicted octanol–water partition coefficient (Wildman–Crippen LogP) is 4.03. The molecule has 0 aliphatic carbocycles. The largest absolute Gasteiger partial charge is 0.444 e. The quantitative estimate of drug-likeness (QED) is 0.736. The zero-order valence-corrected chi connectivity index (χ0v) is 19.7. The molecule has 0 spiro atoms. The molecule has 1 aliphatic rings. The number of carbonyl (C=O) groups excluding carboxylic acids is 1. The molecule has 2 atom stereocenters. The van der Waals surface area contributed by atoms with Crippen molar-refractivity contribution in [3.63, 3.8) is 0 Å². The number of ether oxygens (including phenoxy) is 1. The minimum Gasteiger partial charge on any atom is -0.444 e. The number of aliphatic hydroxyl groups excluding tert-OH is 1. The van der Waals surface area contributed by atoms with Crippen molar-refractivity contribution in [3.8, 4) is 0 Å². The normalized spacial score (nSPS) is 18.7. The van der Waals surface area contributed by atoms with E-state index < -0.39 is 19.8 Å². The number of rotatable bonds is 5. The molecule has 0 saturated carbocycles. The number of nitrogens with zero attached hydrogens (tertiary/aromatic N) is 1. The number of benzene rings is 2. The van der Waals surface area contributed by atoms with Gasteiger partial charge >= 0.3 is 6.09 Å². The standard InChI is InChI=1S/C25H35NO3Si/c1-25(2,3)29-24(28)26-18-12-11-17-22(26)23(27)19-30(4,20-13-7-5-8-14-20)21-15-9-6-10-16-21/h5-10,13-16,22-23,27H,11-12,17-19H2,1-4H3/t22-,23+/m0/s1. The first-order valence-corrected chi connectivity index (χ1v) is 13.7. The van der Waals surface area contributed by atoms with Crippen LogP contribution in [0.25, 0.3) is 0 Å². The van der Waals surface area contributed by atoms with Crippen LogP contribution >= 0.6 is 0 Å². The first kappa shape index (κ1) is 22.6. The second-order valence-corrected chi connectivity index (χ2v) is 13.8. The fraction of sp³-hybridized carbons (Fsp3) is 0.480. The molecule has 30 heavy (non-hydrogen) atoms. The molecular formula is C25H35NO3Si. The molecule has 1 aliphatic heterocycles. The molecule has 1 amide bonds. The average molecular weight is 426 g/mol. The van der Waals surface area contributed by atoms with Crippen molar-refractivity contribution < 1.29 is 14.6 Å². The summed E-state index contributed by atoms with van der Waals surface area (Å²) in [5, 5.41) is 14.0. The summed E-state index contributed by atoms with van der Waals surface area (Å²) < 4.78 is 5.64. The molecule has 162 valence electrons. The van der Waals surface area contributed by atoms with Crippen LogP contribution < -0.4 is 10.4 Å². The van der Waals surface area contributed by atoms with Gasteiger partial charge in [0.05, 0.1) is 12.1 Å². The highest BCUT2D eigenvalue weighted by Crippen LogP contribution is 2.27. The van der Waals surface area contributed by atoms with Crippen LogP contribution in [0.4, 0.5) is 4.79 Å². The van der Waals surface area contributed by atoms with Gasteiger partial charge in [-0.15, -0.1) is 0 Å². The molecule has 1 saturated heterocycles. The third-order valence-corrected chi connectivity index (χ3v) is 10.5. The smallest absolute Gasteiger partial charge is 0.410 e. The number of amides is 1. The van der Waals surface area contributed by atoms with Gasteiger partial charge < -0.3 is 14.7 Å². The maximum absolute atomic E-state index is 12.8. The summed E-state index contributed by atoms with van der Waals surface area (Å²) in [6.07, 6.45) is 1.89. The number of hydrogen-bond donors (Lipinski definition) is 1. The molecule has 1 fully saturated rings. The van der Waals surface area contributed by atoms with Crippen LogP contribution in [0.3, 0.4) is 0 Å². The Bertz CT molecular complexity index is 780. The van der Waals surface area contributed by atoms with Crippen molar-refractivity contribution in [2.75, 3.05) is 6.54 Å². The Labute approximate surface area is 181 Å². The van der Waals surface area contributed by atoms with Crippen LogP contribution in [0, 0.1) is 0 Å². The van der Waals surface area contributed by atoms with E-state index in [0.717, 1.165) is 19.3 Å². The summed E-state index contributed by atoms with van der Waals surface area (Å²) in [7, 11) is -2.19. The molecule has 4 nitrogen and oxygen atoms in total. The molecule has 0 bridgehead atoms. The Hall–Kier alpha value is -2.11. The summed E-state index contributed by atoms with van der Waals surface area (Å²) >= 11 is 0. The third kappa shape index (κ3) is 5.32. The molecule has 5 heteroatoms. The highest BCUT2D eigenvalue weighted by atomic mass is 28.3. The zero-order valence-electron chi connectivity index (χ0n) is 18.7. The Kier molecular flexibility index (Phi) is 7.04. The lowest BCUT2D eigenvalue weighted by molar-refractivity contribution is -0.0126. The Morgan fingerprint density at radius 3 is 2.10 bits per heavy atom. The first-order valence-electron chi connectivity index (χ1n) is 11.0. The van der Waals surface area contributed by atoms with Gasteiger partial charge in [0.1, 0.15) is 13.7 Å². The molecule has 1 N–H and O–H groups in total. The first-order chi connectivity index (χ1) is 14.2. The number of piperidine rings is 1. The van der Waals surface area contributed by atoms with Crippen molar-refractivity contribution in [3.05, 3.63) is 60.7 Å². The molecule has 1 heterocycles. The Morgan fingerprint density at radius 1 is 1.07 bits per heavy atom. The van der Waals surface area contributed by atoms with Crippen LogP contribution in [0.2, 0.25) is 12.6 Å². The Balaban J connectivity index is 1.87. The topological polar surface area (TPSA) is 49.8 Å². The molecule has 3 rings (SSSR count). The minimum atomic E-state index is -2.19. The van der Waals surface area contributed by atoms with E-state index >= 15 is 0 Å². The van der Waals surface area contributed by atoms with Gasteiger partial charge in [-0.25, -0.2) is 4.79 Å². The SMILES string of the molecule is CC(C)(C)OC(=O)N1CCCC[C@H]1[C@H](O)C[Si](C)(c1ccccc1)c1ccccc1. The Morgan fingerprint density at radius 2 is 1.60 bits per heavy atom. The molecule has 2 aromatic carbocycles. The molecule has 0 radical (unpaired) electrons. The van der Waals surface area contributed by atoms with Crippen LogP contribution in [0.5, 0.6) is 0 Å². The van der Waals surface area contributed by atoms with Crippen molar-refractivity contribution in [2.24, 2.45) is 0 Å². The number of aliphatic hydroxyl groups is 1. The maximum atomic E-state index is 12.8. The van der Waals surface area contributed by atoms with Gasteiger partial charge in [-0.1, -0.05) is 77.6 Å². The molecular weight excluding hydrogens is 390 g/mol. The molecule has 0 aromatic heterocycles. The van der Waals surface area contributed by atoms with E-state index in [1.165, 1.54) is 10.4 Å². The lowest BCUT2D eigenvalue weighted by Crippen LogP contribution is -2.60. The van der Waals surface area contributed by atoms with E-state index in [9.17, 15) is 9.90 Å². The highest BCUT2D eigenvalue weighted by Gasteiger charge is 2.40. The van der Waals surface area contributed by atoms with E-state index in [4.69, 9.17) is 4.74 Å². The summed E-state index contributed by atoms with van der Waals surface area (Å²) in [6.45, 7) is 8.62. The second kappa shape index (κ2) is 9.35. The summed E-state index contributed by atoms with van der Waals surface area (Å²) in [5.74, 6) is 0. The van der Waals surface area contributed by atoms with Crippen LogP contribution in [0.15, 0.2) is 60.7 Å². The summed E-state index contributed by atoms with van der Waals surface area (Å²) in [6, 6.07) is 21.5. The molecule has 2 aromatic rings. The summed E-state index contributed by atoms with van der Waals surface area (Å²) in [4.78, 5) is 14.6. The van der Waals surface area contributed by atoms with Gasteiger partial charge in [-0.2, -0.15) is 0 Å². The van der Waals surface area contributed by atoms with Crippen molar-refractivity contribution in [2.45, 2.75) is 70.4 Å². The predicted molar refractivity (Wildman–Crippen MR) is 125 cm³/mol. The molecule has 0 unspecified atom stereocenters. The lowest BCUT2D eigenvalue weighted by atomic mass is 9.98. The van der Waals surface area contributed by atoms with Gasteiger partial charge in [0, 0.05) is 6.54 Å². The zero-order chi connectivity index (χ0) is 21.8. The third-order valence-electron chi connectivity index (χ3n) is 6.06. The van der Waals surface area contributed by atoms with Crippen LogP contribution in [-0.4, -0.2) is 48.5 Å². The van der Waals surface area contributed by atoms with Gasteiger partial charge in [-0.3, -0.25) is 0 Å². The fourth-order valence-corrected chi connectivity index (χ4v) is 8.24. The lowest BCUT2D eigenvalue weighted by Gasteiger charge is -2.41. The average Bonchev–Trinajstić information content (AvgIpc) is 2.73. The van der Waals surface area contributed by atoms with Gasteiger partial charge in [0.15, 0.2) is 0 Å². The van der Waals surface area contributed by atoms with Gasteiger partial charge in [0.2, 0.25) is 0 Å². The van der Waals surface area contributed by atoms with E-state index in [-0.39, 0.29) is 12.1 Å². The maximum Gasteiger partial charge on any atom is 0.410 e. The summed E-state index contributed by atoms with van der Waals surface area (Å²) in [5.41, 5.74) is -0.540. The number of carbonyl (C=O) groups is 1. The van der Waals surface area contributed by atoms with E-state index in [1.807, 2.05) is 32.9 Å². The van der Waals surface area contributed by atoms with Crippen molar-refractivity contribution >= 4 is 24.5 Å². The van der Waals surface area contributed by atoms with E-state index in [2.05, 4.69) is 55.1 Å². The monoisotopic (exact) mass is 425 g/mol. The van der Waals surface area contributed by atoms with Gasteiger partial charge in [-0.05, 0) is 46.1 Å². The van der Waals surface area contributed by atoms with Crippen LogP contribution in [-0.2, 0) is 4.74 Å². The van der Waals surface area contributed by atoms with Crippen molar-refractivity contribution in [1.29, 1.82) is 0 Å². The highest BCUT2D eigenvalue weighted by molar-refractivity contribution is 7.01. The van der Waals surface area contributed by atoms with Crippen LogP contribution in [0.1, 0.15) is 40.0 Å². The second-order valence-electron chi connectivity index (χ2n) is 9.57. The number of likely N-dealkylation sites (tertiary alicyclic amines) is 1. The van der Waals surface area contributed by atoms with Crippen molar-refractivity contribution in [1.82, 2.24) is 4.90 Å². The van der Waals surface area contributed by atoms with Gasteiger partial charge in [0.25, 0.3) is 0 Å². The number of hydrogen-bond acceptors (Lipinski definition) is 3. The van der Waals surface area contributed by atoms with E-state index in [1.54, 1.807) is 4.90 Å².